The number of aryl methyl sites for hydroxylation is 1. The molecular weight excluding hydrogens is 403 g/mol. The highest BCUT2D eigenvalue weighted by Crippen LogP contribution is 2.42. The molecule has 0 unspecified atom stereocenters. The summed E-state index contributed by atoms with van der Waals surface area (Å²) in [5, 5.41) is 10.4. The van der Waals surface area contributed by atoms with Crippen LogP contribution in [0.2, 0.25) is 0 Å². The van der Waals surface area contributed by atoms with Gasteiger partial charge in [-0.1, -0.05) is 0 Å². The van der Waals surface area contributed by atoms with Crippen LogP contribution in [0.15, 0.2) is 35.4 Å². The highest BCUT2D eigenvalue weighted by molar-refractivity contribution is 7.89. The van der Waals surface area contributed by atoms with E-state index in [2.05, 4.69) is 15.8 Å². The van der Waals surface area contributed by atoms with Crippen LogP contribution in [0.5, 0.6) is 0 Å². The van der Waals surface area contributed by atoms with Crippen LogP contribution in [0.4, 0.5) is 4.39 Å². The fourth-order valence-corrected chi connectivity index (χ4v) is 4.92. The van der Waals surface area contributed by atoms with Gasteiger partial charge in [0.1, 0.15) is 16.8 Å². The monoisotopic (exact) mass is 427 g/mol. The van der Waals surface area contributed by atoms with Crippen LogP contribution < -0.4 is 4.72 Å². The molecule has 0 saturated heterocycles. The molecule has 2 heterocycles. The summed E-state index contributed by atoms with van der Waals surface area (Å²) < 4.78 is 51.4. The molecule has 1 aliphatic rings. The van der Waals surface area contributed by atoms with Gasteiger partial charge in [0, 0.05) is 25.0 Å². The number of fused-ring (bicyclic) bond motifs is 1. The fraction of sp³-hybridized carbons (Fsp3) is 0.364. The molecule has 1 fully saturated rings. The summed E-state index contributed by atoms with van der Waals surface area (Å²) in [5.74, 6) is -0.375. The zero-order chi connectivity index (χ0) is 22.6. The van der Waals surface area contributed by atoms with Crippen LogP contribution in [-0.2, 0) is 10.0 Å². The Hall–Kier alpha value is -2.76. The third-order valence-corrected chi connectivity index (χ3v) is 7.00. The lowest BCUT2D eigenvalue weighted by Crippen LogP contribution is -2.30. The first kappa shape index (κ1) is 19.2. The van der Waals surface area contributed by atoms with Crippen LogP contribution in [0.25, 0.3) is 22.3 Å². The molecule has 1 aromatic carbocycles. The van der Waals surface area contributed by atoms with Crippen molar-refractivity contribution in [2.24, 2.45) is 0 Å². The molecule has 4 rings (SSSR count). The molecule has 1 N–H and O–H groups in total. The average molecular weight is 428 g/mol. The van der Waals surface area contributed by atoms with E-state index in [-0.39, 0.29) is 16.8 Å². The topological polar surface area (TPSA) is 87.8 Å². The maximum atomic E-state index is 14.3. The van der Waals surface area contributed by atoms with Gasteiger partial charge in [0.05, 0.1) is 22.5 Å². The molecule has 30 heavy (non-hydrogen) atoms. The second-order valence-corrected chi connectivity index (χ2v) is 9.58. The maximum Gasteiger partial charge on any atom is 0.242 e. The SMILES string of the molecule is [2H]C(C)(C)NS(=O)(=O)c1ccc(-c2c(C#N)c3cc(F)c(C)cc3n2C2CCC2)nc1. The van der Waals surface area contributed by atoms with E-state index in [4.69, 9.17) is 1.37 Å². The first-order valence-electron chi connectivity index (χ1n) is 10.3. The summed E-state index contributed by atoms with van der Waals surface area (Å²) in [5.41, 5.74) is 2.63. The normalized spacial score (nSPS) is 15.6. The molecule has 0 aliphatic heterocycles. The molecule has 156 valence electrons. The predicted octanol–water partition coefficient (Wildman–Crippen LogP) is 4.43. The molecule has 0 spiro atoms. The number of halogens is 1. The van der Waals surface area contributed by atoms with Crippen LogP contribution in [0.1, 0.15) is 51.6 Å². The zero-order valence-corrected chi connectivity index (χ0v) is 17.8. The number of hydrogen-bond acceptors (Lipinski definition) is 4. The summed E-state index contributed by atoms with van der Waals surface area (Å²) in [6.07, 6.45) is 4.20. The van der Waals surface area contributed by atoms with Crippen molar-refractivity contribution in [3.05, 3.63) is 47.4 Å². The average Bonchev–Trinajstić information content (AvgIpc) is 2.92. The number of pyridine rings is 1. The van der Waals surface area contributed by atoms with Crippen molar-refractivity contribution >= 4 is 20.9 Å². The smallest absolute Gasteiger partial charge is 0.242 e. The summed E-state index contributed by atoms with van der Waals surface area (Å²) in [6.45, 7) is 4.56. The molecule has 0 radical (unpaired) electrons. The molecule has 0 amide bonds. The van der Waals surface area contributed by atoms with Crippen LogP contribution in [-0.4, -0.2) is 24.0 Å². The number of aromatic nitrogens is 2. The third kappa shape index (κ3) is 3.38. The second-order valence-electron chi connectivity index (χ2n) is 7.89. The molecule has 1 saturated carbocycles. The Bertz CT molecular complexity index is 1320. The lowest BCUT2D eigenvalue weighted by atomic mass is 9.92. The Kier molecular flexibility index (Phi) is 4.80. The number of sulfonamides is 1. The van der Waals surface area contributed by atoms with Crippen LogP contribution >= 0.6 is 0 Å². The lowest BCUT2D eigenvalue weighted by Gasteiger charge is -2.30. The Morgan fingerprint density at radius 3 is 2.63 bits per heavy atom. The quantitative estimate of drug-likeness (QED) is 0.652. The van der Waals surface area contributed by atoms with E-state index in [1.54, 1.807) is 19.1 Å². The van der Waals surface area contributed by atoms with Crippen molar-refractivity contribution in [3.63, 3.8) is 0 Å². The van der Waals surface area contributed by atoms with Gasteiger partial charge in [-0.15, -0.1) is 0 Å². The van der Waals surface area contributed by atoms with E-state index in [9.17, 15) is 18.1 Å². The van der Waals surface area contributed by atoms with E-state index in [0.717, 1.165) is 24.8 Å². The van der Waals surface area contributed by atoms with Gasteiger partial charge in [-0.05, 0) is 69.9 Å². The lowest BCUT2D eigenvalue weighted by molar-refractivity contribution is 0.324. The number of nitrogens with zero attached hydrogens (tertiary/aromatic N) is 3. The van der Waals surface area contributed by atoms with Gasteiger partial charge >= 0.3 is 0 Å². The molecule has 1 aliphatic carbocycles. The Morgan fingerprint density at radius 1 is 1.37 bits per heavy atom. The highest BCUT2D eigenvalue weighted by atomic mass is 32.2. The summed E-state index contributed by atoms with van der Waals surface area (Å²) in [7, 11) is -3.91. The van der Waals surface area contributed by atoms with E-state index >= 15 is 0 Å². The molecule has 3 aromatic rings. The van der Waals surface area contributed by atoms with Gasteiger partial charge in [-0.2, -0.15) is 5.26 Å². The largest absolute Gasteiger partial charge is 0.335 e. The number of hydrogen-bond donors (Lipinski definition) is 1. The van der Waals surface area contributed by atoms with Crippen molar-refractivity contribution in [1.82, 2.24) is 14.3 Å². The van der Waals surface area contributed by atoms with Crippen LogP contribution in [0.3, 0.4) is 0 Å². The number of benzene rings is 1. The molecule has 2 aromatic heterocycles. The molecule has 6 nitrogen and oxygen atoms in total. The van der Waals surface area contributed by atoms with Crippen molar-refractivity contribution in [2.45, 2.75) is 57.0 Å². The first-order valence-corrected chi connectivity index (χ1v) is 11.2. The Morgan fingerprint density at radius 2 is 2.10 bits per heavy atom. The minimum Gasteiger partial charge on any atom is -0.335 e. The first-order chi connectivity index (χ1) is 14.5. The fourth-order valence-electron chi connectivity index (χ4n) is 3.83. The van der Waals surface area contributed by atoms with E-state index in [0.29, 0.717) is 27.9 Å². The van der Waals surface area contributed by atoms with E-state index in [1.165, 1.54) is 32.2 Å². The number of nitrogens with one attached hydrogen (secondary N) is 1. The van der Waals surface area contributed by atoms with Crippen molar-refractivity contribution in [2.75, 3.05) is 0 Å². The van der Waals surface area contributed by atoms with Gasteiger partial charge in [0.15, 0.2) is 0 Å². The van der Waals surface area contributed by atoms with Gasteiger partial charge in [0.2, 0.25) is 10.0 Å². The third-order valence-electron chi connectivity index (χ3n) is 5.46. The van der Waals surface area contributed by atoms with Gasteiger partial charge < -0.3 is 4.57 Å². The number of rotatable bonds is 5. The maximum absolute atomic E-state index is 14.3. The summed E-state index contributed by atoms with van der Waals surface area (Å²) in [4.78, 5) is 4.28. The predicted molar refractivity (Wildman–Crippen MR) is 113 cm³/mol. The summed E-state index contributed by atoms with van der Waals surface area (Å²) in [6, 6.07) is 7.12. The van der Waals surface area contributed by atoms with Gasteiger partial charge in [-0.3, -0.25) is 4.98 Å². The molecule has 0 bridgehead atoms. The zero-order valence-electron chi connectivity index (χ0n) is 18.0. The van der Waals surface area contributed by atoms with Crippen LogP contribution in [0, 0.1) is 24.1 Å². The van der Waals surface area contributed by atoms with E-state index in [1.807, 2.05) is 4.57 Å². The Labute approximate surface area is 176 Å². The van der Waals surface area contributed by atoms with Crippen molar-refractivity contribution in [1.29, 1.82) is 5.26 Å². The van der Waals surface area contributed by atoms with Gasteiger partial charge in [0.25, 0.3) is 0 Å². The highest BCUT2D eigenvalue weighted by Gasteiger charge is 2.29. The minimum absolute atomic E-state index is 0.0664. The van der Waals surface area contributed by atoms with Crippen molar-refractivity contribution in [3.8, 4) is 17.5 Å². The Balaban J connectivity index is 1.89. The van der Waals surface area contributed by atoms with E-state index < -0.39 is 16.0 Å². The summed E-state index contributed by atoms with van der Waals surface area (Å²) >= 11 is 0. The molecule has 0 atom stereocenters. The van der Waals surface area contributed by atoms with Gasteiger partial charge in [-0.25, -0.2) is 17.5 Å². The molecule has 8 heteroatoms. The molecular formula is C22H23FN4O2S. The minimum atomic E-state index is -3.91. The standard InChI is InChI=1S/C22H23FN4O2S/c1-13(2)26-30(28,29)16-7-8-20(25-12-16)22-18(11-24)17-10-19(23)14(3)9-21(17)27(22)15-5-4-6-15/h7-10,12-13,15,26H,4-6H2,1-3H3/i13D. The number of nitriles is 1. The van der Waals surface area contributed by atoms with Crippen molar-refractivity contribution < 1.29 is 14.2 Å². The second kappa shape index (κ2) is 7.49.